The van der Waals surface area contributed by atoms with Crippen LogP contribution in [-0.2, 0) is 21.3 Å². The van der Waals surface area contributed by atoms with Gasteiger partial charge in [-0.15, -0.1) is 0 Å². The summed E-state index contributed by atoms with van der Waals surface area (Å²) in [5, 5.41) is 3.81. The Labute approximate surface area is 401 Å². The Hall–Kier alpha value is -0.0400. The molecule has 0 bridgehead atoms. The first-order valence-corrected chi connectivity index (χ1v) is 28.1. The number of Topliss-reactive ketones (excluding diaryl/α,β-unsaturated/α-hetero) is 1. The summed E-state index contributed by atoms with van der Waals surface area (Å²) in [5.41, 5.74) is 8.88. The van der Waals surface area contributed by atoms with Crippen LogP contribution in [-0.4, -0.2) is 74.0 Å². The molecule has 5 rings (SSSR count). The molecule has 12 heteroatoms. The van der Waals surface area contributed by atoms with Gasteiger partial charge in [-0.2, -0.15) is 0 Å². The molecule has 0 saturated carbocycles. The summed E-state index contributed by atoms with van der Waals surface area (Å²) in [6, 6.07) is 28.9. The van der Waals surface area contributed by atoms with E-state index in [9.17, 15) is 22.6 Å². The molecule has 6 nitrogen and oxygen atoms in total. The number of allylic oxidation sites excluding steroid dienone is 2. The molecular formula is C42H46ClNNa4O5S. The van der Waals surface area contributed by atoms with Crippen molar-refractivity contribution in [1.29, 1.82) is 0 Å². The molecule has 0 saturated heterocycles. The number of carbonyl (C=O) groups excluding carboxylic acids is 2. The Bertz CT molecular complexity index is 1990. The topological polar surface area (TPSA) is 103 Å². The van der Waals surface area contributed by atoms with E-state index in [1.54, 1.807) is 12.1 Å². The van der Waals surface area contributed by atoms with Crippen LogP contribution in [0.15, 0.2) is 97.1 Å². The second kappa shape index (κ2) is 23.5. The Morgan fingerprint density at radius 2 is 1.54 bits per heavy atom. The van der Waals surface area contributed by atoms with E-state index in [0.717, 1.165) is 47.1 Å². The third kappa shape index (κ3) is 15.3. The van der Waals surface area contributed by atoms with Crippen molar-refractivity contribution in [2.24, 2.45) is 11.3 Å². The number of amides is 1. The van der Waals surface area contributed by atoms with Gasteiger partial charge in [0.1, 0.15) is 0 Å². The molecule has 266 valence electrons. The molecule has 1 aliphatic carbocycles. The molecule has 54 heavy (non-hydrogen) atoms. The average molecular weight is 804 g/mol. The van der Waals surface area contributed by atoms with Crippen LogP contribution in [0.4, 0.5) is 5.69 Å². The zero-order valence-corrected chi connectivity index (χ0v) is 42.7. The molecule has 0 heterocycles. The molecule has 0 fully saturated rings. The fourth-order valence-electron chi connectivity index (χ4n) is 6.70. The molecule has 2 atom stereocenters. The Kier molecular flexibility index (Phi) is 21.8. The van der Waals surface area contributed by atoms with Crippen LogP contribution in [0.2, 0.25) is 5.02 Å². The van der Waals surface area contributed by atoms with Crippen molar-refractivity contribution in [3.8, 4) is 11.1 Å². The predicted molar refractivity (Wildman–Crippen MR) is 215 cm³/mol. The fraction of sp³-hybridized carbons (Fsp3) is 0.333. The van der Waals surface area contributed by atoms with Crippen LogP contribution < -0.4 is 64.4 Å². The third-order valence-corrected chi connectivity index (χ3v) is 10.8. The normalized spacial score (nSPS) is 14.6. The minimum atomic E-state index is -4.36. The van der Waals surface area contributed by atoms with Gasteiger partial charge in [0.15, 0.2) is 5.78 Å². The molecule has 0 spiro atoms. The van der Waals surface area contributed by atoms with Gasteiger partial charge in [-0.3, -0.25) is 9.59 Å². The summed E-state index contributed by atoms with van der Waals surface area (Å²) < 4.78 is 32.8. The standard InChI is InChI=1S/C42H46ClNO5S.4Na.H/c1-28-26-36(43)21-24-38(28)32-17-22-37(23-18-32)44-41(46)39(27-29-7-9-34(10-8-29)40(45)6-5-25-50(47,48)49)33-13-11-30(12-14-33)31-15-19-35(20-16-31)42(2,3)4;;;;;/h7-15,17-18,21-24,26,35,39H,5-6,16,19-20,25,27H2,1-4H3,(H,44,46)(H,47,48,49);;;;;/q;;;2*+1;-1/p-1/t35-,39-;;;;;/m1...../s1. The quantitative estimate of drug-likeness (QED) is 0.135. The van der Waals surface area contributed by atoms with E-state index in [2.05, 4.69) is 44.3 Å². The first-order valence-electron chi connectivity index (χ1n) is 18.2. The van der Waals surface area contributed by atoms with Crippen LogP contribution in [0.3, 0.4) is 0 Å². The van der Waals surface area contributed by atoms with E-state index in [1.807, 2.05) is 73.7 Å². The Morgan fingerprint density at radius 1 is 0.926 bits per heavy atom. The molecule has 0 unspecified atom stereocenters. The molecule has 4 aromatic carbocycles. The summed E-state index contributed by atoms with van der Waals surface area (Å²) in [5.74, 6) is -0.773. The van der Waals surface area contributed by atoms with E-state index in [4.69, 9.17) is 11.6 Å². The summed E-state index contributed by atoms with van der Waals surface area (Å²) >= 11 is 9.04. The van der Waals surface area contributed by atoms with Crippen LogP contribution in [0.1, 0.15) is 92.8 Å². The number of benzene rings is 4. The second-order valence-electron chi connectivity index (χ2n) is 14.5. The number of carbonyl (C=O) groups is 2. The first-order chi connectivity index (χ1) is 24.7. The zero-order chi connectivity index (χ0) is 38.1. The van der Waals surface area contributed by atoms with Crippen molar-refractivity contribution in [3.05, 3.63) is 130 Å². The van der Waals surface area contributed by atoms with E-state index < -0.39 is 21.8 Å². The number of halogens is 1. The first kappa shape index (κ1) is 50.1. The maximum absolute atomic E-state index is 14.0. The molecule has 0 radical (unpaired) electrons. The third-order valence-electron chi connectivity index (χ3n) is 9.80. The van der Waals surface area contributed by atoms with Crippen molar-refractivity contribution in [2.75, 3.05) is 11.1 Å². The van der Waals surface area contributed by atoms with Gasteiger partial charge in [0, 0.05) is 28.4 Å². The van der Waals surface area contributed by atoms with Crippen molar-refractivity contribution < 1.29 is 83.1 Å². The molecule has 1 aliphatic rings. The van der Waals surface area contributed by atoms with Crippen LogP contribution in [0.25, 0.3) is 16.7 Å². The zero-order valence-electron chi connectivity index (χ0n) is 34.2. The molecule has 4 aromatic rings. The van der Waals surface area contributed by atoms with Crippen LogP contribution in [0.5, 0.6) is 0 Å². The summed E-state index contributed by atoms with van der Waals surface area (Å²) in [7, 11) is -4.36. The SMILES string of the molecule is Cc1cc(Cl)ccc1-c1ccc(NC(=O)[C@H](Cc2ccc(C(=O)CCCS(=O)(=O)[O-])cc2)c2ccc(C3=CC[C@@H](C(C)(C)C)CC3)cc2)cc1.[H-].[Na+].[Na+].[Na][Na]. The van der Waals surface area contributed by atoms with E-state index in [-0.39, 0.29) is 90.5 Å². The van der Waals surface area contributed by atoms with Gasteiger partial charge in [0.25, 0.3) is 0 Å². The number of ketones is 1. The maximum atomic E-state index is 14.0. The van der Waals surface area contributed by atoms with Crippen molar-refractivity contribution in [1.82, 2.24) is 0 Å². The Morgan fingerprint density at radius 3 is 2.07 bits per heavy atom. The number of hydrogen-bond donors (Lipinski definition) is 1. The summed E-state index contributed by atoms with van der Waals surface area (Å²) in [4.78, 5) is 26.6. The minimum absolute atomic E-state index is 0. The molecule has 1 amide bonds. The van der Waals surface area contributed by atoms with Gasteiger partial charge < -0.3 is 11.3 Å². The Balaban J connectivity index is 0.00000298. The van der Waals surface area contributed by atoms with Gasteiger partial charge >= 0.3 is 103 Å². The summed E-state index contributed by atoms with van der Waals surface area (Å²) in [6.07, 6.45) is 6.00. The van der Waals surface area contributed by atoms with E-state index >= 15 is 0 Å². The van der Waals surface area contributed by atoms with Gasteiger partial charge in [0.2, 0.25) is 5.91 Å². The fourth-order valence-corrected chi connectivity index (χ4v) is 7.43. The average Bonchev–Trinajstić information content (AvgIpc) is 3.11. The molecule has 0 aromatic heterocycles. The van der Waals surface area contributed by atoms with Gasteiger partial charge in [-0.1, -0.05) is 105 Å². The van der Waals surface area contributed by atoms with Crippen molar-refractivity contribution >= 4 is 88.3 Å². The molecular weight excluding hydrogens is 758 g/mol. The monoisotopic (exact) mass is 803 g/mol. The van der Waals surface area contributed by atoms with Crippen LogP contribution in [0, 0.1) is 18.3 Å². The number of rotatable bonds is 12. The van der Waals surface area contributed by atoms with Crippen molar-refractivity contribution in [3.63, 3.8) is 0 Å². The molecule has 0 aliphatic heterocycles. The van der Waals surface area contributed by atoms with Gasteiger partial charge in [-0.25, -0.2) is 8.42 Å². The summed E-state index contributed by atoms with van der Waals surface area (Å²) in [6.45, 7) is 8.94. The number of nitrogens with one attached hydrogen (secondary N) is 1. The van der Waals surface area contributed by atoms with Gasteiger partial charge in [0.05, 0.1) is 16.0 Å². The second-order valence-corrected chi connectivity index (χ2v) is 16.4. The van der Waals surface area contributed by atoms with Gasteiger partial charge in [-0.05, 0) is 114 Å². The molecule has 1 N–H and O–H groups in total. The predicted octanol–water partition coefficient (Wildman–Crippen LogP) is 3.38. The van der Waals surface area contributed by atoms with E-state index in [0.29, 0.717) is 28.6 Å². The van der Waals surface area contributed by atoms with E-state index in [1.165, 1.54) is 54.8 Å². The van der Waals surface area contributed by atoms with Crippen molar-refractivity contribution in [2.45, 2.75) is 72.1 Å². The van der Waals surface area contributed by atoms with Crippen LogP contribution >= 0.6 is 11.6 Å². The number of anilines is 1. The number of aryl methyl sites for hydroxylation is 1. The number of hydrogen-bond acceptors (Lipinski definition) is 5.